The fourth-order valence-corrected chi connectivity index (χ4v) is 4.57. The molecule has 25 heavy (non-hydrogen) atoms. The number of fused-ring (bicyclic) bond motifs is 4. The molecule has 136 valence electrons. The first kappa shape index (κ1) is 16.7. The molecule has 5 heteroatoms. The molecule has 1 N–H and O–H groups in total. The van der Waals surface area contributed by atoms with Crippen LogP contribution in [0, 0.1) is 11.8 Å². The van der Waals surface area contributed by atoms with Gasteiger partial charge in [-0.2, -0.15) is 0 Å². The second-order valence-electron chi connectivity index (χ2n) is 7.94. The van der Waals surface area contributed by atoms with Crippen molar-refractivity contribution in [2.24, 2.45) is 11.8 Å². The molecule has 2 atom stereocenters. The van der Waals surface area contributed by atoms with E-state index < -0.39 is 0 Å². The summed E-state index contributed by atoms with van der Waals surface area (Å²) in [6.45, 7) is 3.92. The van der Waals surface area contributed by atoms with Crippen molar-refractivity contribution in [3.8, 4) is 11.5 Å². The molecule has 1 aliphatic carbocycles. The maximum Gasteiger partial charge on any atom is 0.257 e. The third-order valence-corrected chi connectivity index (χ3v) is 6.27. The van der Waals surface area contributed by atoms with E-state index in [0.29, 0.717) is 23.3 Å². The molecule has 4 aliphatic rings. The van der Waals surface area contributed by atoms with E-state index in [0.717, 1.165) is 25.6 Å². The van der Waals surface area contributed by atoms with E-state index in [-0.39, 0.29) is 11.7 Å². The zero-order valence-corrected chi connectivity index (χ0v) is 15.0. The minimum absolute atomic E-state index is 0.00673. The van der Waals surface area contributed by atoms with E-state index in [9.17, 15) is 9.90 Å². The van der Waals surface area contributed by atoms with Crippen molar-refractivity contribution in [2.75, 3.05) is 33.3 Å². The fraction of sp³-hybridized carbons (Fsp3) is 0.650. The summed E-state index contributed by atoms with van der Waals surface area (Å²) in [6, 6.07) is 5.41. The zero-order valence-electron chi connectivity index (χ0n) is 15.0. The maximum absolute atomic E-state index is 13.0. The van der Waals surface area contributed by atoms with E-state index in [1.165, 1.54) is 44.7 Å². The van der Waals surface area contributed by atoms with E-state index in [2.05, 4.69) is 4.90 Å². The van der Waals surface area contributed by atoms with Crippen LogP contribution in [-0.2, 0) is 0 Å². The molecular formula is C20H28N2O3. The summed E-state index contributed by atoms with van der Waals surface area (Å²) < 4.78 is 5.11. The van der Waals surface area contributed by atoms with Crippen molar-refractivity contribution in [3.05, 3.63) is 23.8 Å². The Morgan fingerprint density at radius 2 is 2.04 bits per heavy atom. The lowest BCUT2D eigenvalue weighted by Crippen LogP contribution is -2.47. The Hall–Kier alpha value is -1.75. The second kappa shape index (κ2) is 6.87. The molecule has 4 fully saturated rings. The van der Waals surface area contributed by atoms with E-state index in [4.69, 9.17) is 4.74 Å². The number of nitrogens with zero attached hydrogens (tertiary/aromatic N) is 2. The highest BCUT2D eigenvalue weighted by Crippen LogP contribution is 2.34. The van der Waals surface area contributed by atoms with Crippen LogP contribution >= 0.6 is 0 Å². The van der Waals surface area contributed by atoms with Crippen LogP contribution in [0.15, 0.2) is 18.2 Å². The minimum Gasteiger partial charge on any atom is -0.507 e. The van der Waals surface area contributed by atoms with E-state index >= 15 is 0 Å². The molecule has 3 aliphatic heterocycles. The van der Waals surface area contributed by atoms with Gasteiger partial charge in [-0.25, -0.2) is 0 Å². The molecule has 0 unspecified atom stereocenters. The third kappa shape index (κ3) is 3.34. The minimum atomic E-state index is -0.0532. The van der Waals surface area contributed by atoms with Crippen molar-refractivity contribution in [1.82, 2.24) is 9.80 Å². The van der Waals surface area contributed by atoms with Gasteiger partial charge in [-0.15, -0.1) is 0 Å². The van der Waals surface area contributed by atoms with Crippen molar-refractivity contribution in [1.29, 1.82) is 0 Å². The number of ether oxygens (including phenoxy) is 1. The van der Waals surface area contributed by atoms with Gasteiger partial charge in [0.15, 0.2) is 0 Å². The van der Waals surface area contributed by atoms with Gasteiger partial charge in [-0.1, -0.05) is 6.42 Å². The predicted molar refractivity (Wildman–Crippen MR) is 96.0 cm³/mol. The topological polar surface area (TPSA) is 53.0 Å². The van der Waals surface area contributed by atoms with Crippen LogP contribution in [0.2, 0.25) is 0 Å². The summed E-state index contributed by atoms with van der Waals surface area (Å²) in [5.41, 5.74) is 0.382. The lowest BCUT2D eigenvalue weighted by atomic mass is 9.83. The van der Waals surface area contributed by atoms with Gasteiger partial charge in [-0.3, -0.25) is 9.69 Å². The Morgan fingerprint density at radius 1 is 1.20 bits per heavy atom. The number of hydrogen-bond donors (Lipinski definition) is 1. The Morgan fingerprint density at radius 3 is 2.72 bits per heavy atom. The second-order valence-corrected chi connectivity index (χ2v) is 7.94. The van der Waals surface area contributed by atoms with Crippen LogP contribution in [0.4, 0.5) is 0 Å². The largest absolute Gasteiger partial charge is 0.507 e. The lowest BCUT2D eigenvalue weighted by molar-refractivity contribution is 0.0714. The first-order valence-electron chi connectivity index (χ1n) is 9.54. The molecule has 3 saturated heterocycles. The standard InChI is InChI=1S/C20H28N2O3/c1-25-17-7-8-18(19(23)9-17)20(24)22-12-15-5-6-16(13-22)21(11-15)10-14-3-2-4-14/h7-9,14-16,23H,2-6,10-13H2,1H3/t15-,16-/m0/s1. The maximum atomic E-state index is 13.0. The van der Waals surface area contributed by atoms with Crippen molar-refractivity contribution >= 4 is 5.91 Å². The summed E-state index contributed by atoms with van der Waals surface area (Å²) in [6.07, 6.45) is 6.53. The Labute approximate surface area is 149 Å². The van der Waals surface area contributed by atoms with Crippen LogP contribution in [-0.4, -0.2) is 60.1 Å². The fourth-order valence-electron chi connectivity index (χ4n) is 4.57. The zero-order chi connectivity index (χ0) is 17.4. The van der Waals surface area contributed by atoms with Crippen LogP contribution in [0.1, 0.15) is 42.5 Å². The van der Waals surface area contributed by atoms with Gasteiger partial charge in [0.05, 0.1) is 12.7 Å². The molecule has 3 heterocycles. The molecular weight excluding hydrogens is 316 g/mol. The summed E-state index contributed by atoms with van der Waals surface area (Å²) in [4.78, 5) is 17.6. The normalized spacial score (nSPS) is 27.0. The van der Waals surface area contributed by atoms with Crippen LogP contribution in [0.25, 0.3) is 0 Å². The van der Waals surface area contributed by atoms with E-state index in [1.54, 1.807) is 19.2 Å². The Kier molecular flexibility index (Phi) is 4.59. The number of hydrogen-bond acceptors (Lipinski definition) is 4. The number of rotatable bonds is 4. The molecule has 5 nitrogen and oxygen atoms in total. The highest BCUT2D eigenvalue weighted by molar-refractivity contribution is 5.97. The number of benzene rings is 1. The SMILES string of the molecule is COc1ccc(C(=O)N2C[C@H]3CC[C@@H](C2)N(CC2CCC2)C3)c(O)c1. The lowest BCUT2D eigenvalue weighted by Gasteiger charge is -2.40. The summed E-state index contributed by atoms with van der Waals surface area (Å²) in [5, 5.41) is 10.2. The molecule has 2 bridgehead atoms. The van der Waals surface area contributed by atoms with Crippen LogP contribution in [0.5, 0.6) is 11.5 Å². The predicted octanol–water partition coefficient (Wildman–Crippen LogP) is 2.74. The average Bonchev–Trinajstić information content (AvgIpc) is 2.89. The first-order valence-corrected chi connectivity index (χ1v) is 9.54. The van der Waals surface area contributed by atoms with Crippen molar-refractivity contribution in [3.63, 3.8) is 0 Å². The summed E-state index contributed by atoms with van der Waals surface area (Å²) >= 11 is 0. The van der Waals surface area contributed by atoms with Crippen molar-refractivity contribution < 1.29 is 14.6 Å². The van der Waals surface area contributed by atoms with Crippen LogP contribution in [0.3, 0.4) is 0 Å². The number of aromatic hydroxyl groups is 1. The molecule has 0 radical (unpaired) electrons. The quantitative estimate of drug-likeness (QED) is 0.912. The average molecular weight is 344 g/mol. The van der Waals surface area contributed by atoms with Gasteiger partial charge in [0.1, 0.15) is 11.5 Å². The number of carbonyl (C=O) groups excluding carboxylic acids is 1. The van der Waals surface area contributed by atoms with Gasteiger partial charge in [-0.05, 0) is 49.7 Å². The Balaban J connectivity index is 1.48. The molecule has 1 aromatic rings. The number of piperidine rings is 1. The smallest absolute Gasteiger partial charge is 0.257 e. The summed E-state index contributed by atoms with van der Waals surface area (Å²) in [7, 11) is 1.56. The number of phenols is 1. The molecule has 0 spiro atoms. The van der Waals surface area contributed by atoms with Crippen LogP contribution < -0.4 is 4.74 Å². The van der Waals surface area contributed by atoms with Gasteiger partial charge in [0.25, 0.3) is 5.91 Å². The number of amides is 1. The molecule has 5 rings (SSSR count). The monoisotopic (exact) mass is 344 g/mol. The van der Waals surface area contributed by atoms with Gasteiger partial charge < -0.3 is 14.7 Å². The third-order valence-electron chi connectivity index (χ3n) is 6.27. The summed E-state index contributed by atoms with van der Waals surface area (Å²) in [5.74, 6) is 1.95. The highest BCUT2D eigenvalue weighted by atomic mass is 16.5. The molecule has 1 aromatic carbocycles. The first-order chi connectivity index (χ1) is 12.1. The number of phenolic OH excluding ortho intramolecular Hbond substituents is 1. The Bertz CT molecular complexity index is 644. The number of methoxy groups -OCH3 is 1. The van der Waals surface area contributed by atoms with E-state index in [1.807, 2.05) is 4.90 Å². The van der Waals surface area contributed by atoms with Crippen molar-refractivity contribution in [2.45, 2.75) is 38.1 Å². The number of carbonyl (C=O) groups is 1. The van der Waals surface area contributed by atoms with Gasteiger partial charge in [0, 0.05) is 38.3 Å². The molecule has 1 saturated carbocycles. The molecule has 0 aromatic heterocycles. The molecule has 1 amide bonds. The highest BCUT2D eigenvalue weighted by Gasteiger charge is 2.38. The van der Waals surface area contributed by atoms with Gasteiger partial charge >= 0.3 is 0 Å². The van der Waals surface area contributed by atoms with Gasteiger partial charge in [0.2, 0.25) is 0 Å².